The number of aromatic nitrogens is 3. The molecular formula is C30H43ClN4O5Si. The molecule has 0 radical (unpaired) electrons. The molecule has 9 nitrogen and oxygen atoms in total. The quantitative estimate of drug-likeness (QED) is 0.181. The fourth-order valence-corrected chi connectivity index (χ4v) is 5.39. The molecule has 1 aromatic carbocycles. The molecular weight excluding hydrogens is 560 g/mol. The molecule has 0 aliphatic rings. The van der Waals surface area contributed by atoms with Gasteiger partial charge in [-0.05, 0) is 64.9 Å². The zero-order chi connectivity index (χ0) is 30.8. The Morgan fingerprint density at radius 3 is 2.37 bits per heavy atom. The molecule has 1 amide bonds. The highest BCUT2D eigenvalue weighted by atomic mass is 35.5. The van der Waals surface area contributed by atoms with Crippen molar-refractivity contribution in [3.8, 4) is 28.4 Å². The zero-order valence-corrected chi connectivity index (χ0v) is 27.8. The highest BCUT2D eigenvalue weighted by molar-refractivity contribution is 6.74. The van der Waals surface area contributed by atoms with E-state index >= 15 is 0 Å². The first kappa shape index (κ1) is 32.6. The zero-order valence-electron chi connectivity index (χ0n) is 26.1. The number of likely N-dealkylation sites (N-methyl/N-ethyl adjacent to an activating group) is 1. The highest BCUT2D eigenvalue weighted by Crippen LogP contribution is 2.37. The summed E-state index contributed by atoms with van der Waals surface area (Å²) in [6.45, 7) is 20.7. The van der Waals surface area contributed by atoms with Crippen LogP contribution in [0.2, 0.25) is 23.3 Å². The van der Waals surface area contributed by atoms with Crippen LogP contribution in [0.5, 0.6) is 5.75 Å². The van der Waals surface area contributed by atoms with E-state index in [1.54, 1.807) is 18.0 Å². The summed E-state index contributed by atoms with van der Waals surface area (Å²) in [6, 6.07) is 9.20. The number of nitrogens with zero attached hydrogens (tertiary/aromatic N) is 4. The number of hydrogen-bond acceptors (Lipinski definition) is 8. The van der Waals surface area contributed by atoms with Gasteiger partial charge in [-0.1, -0.05) is 49.7 Å². The molecule has 2 aromatic heterocycles. The van der Waals surface area contributed by atoms with Crippen LogP contribution in [0.4, 0.5) is 4.79 Å². The third-order valence-electron chi connectivity index (χ3n) is 6.96. The number of halogens is 1. The number of hydrogen-bond donors (Lipinski definition) is 0. The summed E-state index contributed by atoms with van der Waals surface area (Å²) < 4.78 is 23.8. The van der Waals surface area contributed by atoms with Crippen LogP contribution in [-0.4, -0.2) is 66.3 Å². The van der Waals surface area contributed by atoms with E-state index in [4.69, 9.17) is 35.0 Å². The Hall–Kier alpha value is -2.95. The van der Waals surface area contributed by atoms with Gasteiger partial charge < -0.3 is 23.3 Å². The van der Waals surface area contributed by atoms with Crippen LogP contribution in [0.1, 0.15) is 53.0 Å². The predicted octanol–water partition coefficient (Wildman–Crippen LogP) is 7.70. The van der Waals surface area contributed by atoms with E-state index in [2.05, 4.69) is 44.0 Å². The van der Waals surface area contributed by atoms with Crippen molar-refractivity contribution in [1.29, 1.82) is 0 Å². The van der Waals surface area contributed by atoms with Crippen molar-refractivity contribution >= 4 is 26.0 Å². The maximum absolute atomic E-state index is 12.7. The van der Waals surface area contributed by atoms with Gasteiger partial charge in [-0.25, -0.2) is 14.8 Å². The van der Waals surface area contributed by atoms with Gasteiger partial charge in [0.25, 0.3) is 0 Å². The molecule has 2 heterocycles. The van der Waals surface area contributed by atoms with Crippen molar-refractivity contribution in [3.63, 3.8) is 0 Å². The minimum Gasteiger partial charge on any atom is -0.491 e. The first-order valence-corrected chi connectivity index (χ1v) is 17.0. The predicted molar refractivity (Wildman–Crippen MR) is 164 cm³/mol. The molecule has 0 spiro atoms. The summed E-state index contributed by atoms with van der Waals surface area (Å²) >= 11 is 6.39. The smallest absolute Gasteiger partial charge is 0.410 e. The van der Waals surface area contributed by atoms with Crippen LogP contribution in [0.3, 0.4) is 0 Å². The molecule has 0 saturated carbocycles. The normalized spacial score (nSPS) is 13.2. The van der Waals surface area contributed by atoms with E-state index in [0.717, 1.165) is 16.8 Å². The van der Waals surface area contributed by atoms with E-state index in [1.165, 1.54) is 0 Å². The Kier molecular flexibility index (Phi) is 9.93. The van der Waals surface area contributed by atoms with Crippen LogP contribution in [0, 0.1) is 13.8 Å². The van der Waals surface area contributed by atoms with E-state index in [1.807, 2.05) is 58.9 Å². The van der Waals surface area contributed by atoms with Crippen molar-refractivity contribution < 1.29 is 23.2 Å². The standard InChI is InChI=1S/C30H43ClN4O5Si/c1-19-26(20(2)39-34-19)24-16-25(31)33-27(32-24)21-13-12-14-22(15-21)37-18-23(40-41(10,11)30(6,7)8)17-35(9)28(36)38-29(3,4)5/h12-16,23H,17-18H2,1-11H3. The third-order valence-corrected chi connectivity index (χ3v) is 11.7. The van der Waals surface area contributed by atoms with Crippen LogP contribution in [-0.2, 0) is 9.16 Å². The van der Waals surface area contributed by atoms with Crippen LogP contribution in [0.25, 0.3) is 22.6 Å². The summed E-state index contributed by atoms with van der Waals surface area (Å²) in [6.07, 6.45) is -0.777. The minimum absolute atomic E-state index is 0.0154. The Morgan fingerprint density at radius 1 is 1.10 bits per heavy atom. The van der Waals surface area contributed by atoms with Gasteiger partial charge in [-0.3, -0.25) is 0 Å². The van der Waals surface area contributed by atoms with Crippen molar-refractivity contribution in [2.75, 3.05) is 20.2 Å². The summed E-state index contributed by atoms with van der Waals surface area (Å²) in [4.78, 5) is 23.4. The molecule has 224 valence electrons. The minimum atomic E-state index is -2.17. The molecule has 11 heteroatoms. The van der Waals surface area contributed by atoms with Gasteiger partial charge in [0.05, 0.1) is 29.6 Å². The van der Waals surface area contributed by atoms with Crippen LogP contribution < -0.4 is 4.74 Å². The lowest BCUT2D eigenvalue weighted by Crippen LogP contribution is -2.49. The molecule has 41 heavy (non-hydrogen) atoms. The topological polar surface area (TPSA) is 99.8 Å². The number of ether oxygens (including phenoxy) is 2. The summed E-state index contributed by atoms with van der Waals surface area (Å²) in [5.74, 6) is 1.73. The summed E-state index contributed by atoms with van der Waals surface area (Å²) in [5, 5.41) is 4.32. The Labute approximate surface area is 249 Å². The van der Waals surface area contributed by atoms with E-state index in [0.29, 0.717) is 34.7 Å². The molecule has 0 fully saturated rings. The molecule has 3 aromatic rings. The first-order valence-electron chi connectivity index (χ1n) is 13.7. The Bertz CT molecular complexity index is 1340. The number of carbonyl (C=O) groups is 1. The second-order valence-corrected chi connectivity index (χ2v) is 17.9. The lowest BCUT2D eigenvalue weighted by atomic mass is 10.1. The highest BCUT2D eigenvalue weighted by Gasteiger charge is 2.40. The SMILES string of the molecule is Cc1noc(C)c1-c1cc(Cl)nc(-c2cccc(OCC(CN(C)C(=O)OC(C)(C)C)O[Si](C)(C)C(C)(C)C)c2)n1. The number of carbonyl (C=O) groups excluding carboxylic acids is 1. The van der Waals surface area contributed by atoms with Gasteiger partial charge in [0.1, 0.15) is 28.9 Å². The van der Waals surface area contributed by atoms with E-state index in [-0.39, 0.29) is 17.7 Å². The van der Waals surface area contributed by atoms with Crippen molar-refractivity contribution in [1.82, 2.24) is 20.0 Å². The van der Waals surface area contributed by atoms with Gasteiger partial charge >= 0.3 is 6.09 Å². The maximum Gasteiger partial charge on any atom is 0.410 e. The molecule has 1 unspecified atom stereocenters. The van der Waals surface area contributed by atoms with E-state index in [9.17, 15) is 4.79 Å². The summed E-state index contributed by atoms with van der Waals surface area (Å²) in [5.41, 5.74) is 2.31. The third kappa shape index (κ3) is 8.77. The lowest BCUT2D eigenvalue weighted by molar-refractivity contribution is 0.0172. The molecule has 0 saturated heterocycles. The van der Waals surface area contributed by atoms with Crippen molar-refractivity contribution in [2.45, 2.75) is 85.2 Å². The number of aryl methyl sites for hydroxylation is 2. The largest absolute Gasteiger partial charge is 0.491 e. The average molecular weight is 603 g/mol. The van der Waals surface area contributed by atoms with Crippen molar-refractivity contribution in [3.05, 3.63) is 46.9 Å². The fourth-order valence-electron chi connectivity index (χ4n) is 3.87. The number of rotatable bonds is 9. The lowest BCUT2D eigenvalue weighted by Gasteiger charge is -2.40. The number of benzene rings is 1. The van der Waals surface area contributed by atoms with Gasteiger partial charge in [0, 0.05) is 18.7 Å². The van der Waals surface area contributed by atoms with E-state index < -0.39 is 20.0 Å². The monoisotopic (exact) mass is 602 g/mol. The second kappa shape index (κ2) is 12.5. The molecule has 0 aliphatic carbocycles. The van der Waals surface area contributed by atoms with Crippen molar-refractivity contribution in [2.24, 2.45) is 0 Å². The average Bonchev–Trinajstić information content (AvgIpc) is 3.18. The fraction of sp³-hybridized carbons (Fsp3) is 0.533. The van der Waals surface area contributed by atoms with Crippen LogP contribution in [0.15, 0.2) is 34.9 Å². The maximum atomic E-state index is 12.7. The molecule has 0 bridgehead atoms. The number of amides is 1. The Morgan fingerprint density at radius 2 is 1.78 bits per heavy atom. The second-order valence-electron chi connectivity index (χ2n) is 12.8. The molecule has 3 rings (SSSR count). The van der Waals surface area contributed by atoms with Crippen LogP contribution >= 0.6 is 11.6 Å². The molecule has 0 aliphatic heterocycles. The Balaban J connectivity index is 1.83. The van der Waals surface area contributed by atoms with Gasteiger partial charge in [-0.2, -0.15) is 0 Å². The molecule has 1 atom stereocenters. The van der Waals surface area contributed by atoms with Gasteiger partial charge in [0.2, 0.25) is 0 Å². The summed E-state index contributed by atoms with van der Waals surface area (Å²) in [7, 11) is -0.461. The molecule has 0 N–H and O–H groups in total. The first-order chi connectivity index (χ1) is 18.9. The van der Waals surface area contributed by atoms with Gasteiger partial charge in [0.15, 0.2) is 14.1 Å². The van der Waals surface area contributed by atoms with Gasteiger partial charge in [-0.15, -0.1) is 0 Å².